The standard InChI is InChI=1S/C16H25N6O6P.Na/c1-2-3-4-5-6-18-16-21-10-13(17)19-8-20-14(10)22(16)15-11(23)12-9(27-15)7-26-29(24,25)28-12;/h8-9,11-12,15,23H,2-7H2,1H3,(H,18,21)(H,24,25)(H2,17,19,20);/q;+1/p-1/t9-,11-,12-,15-;/m1./s1. The number of hydrogen-bond acceptors (Lipinski definition) is 11. The minimum atomic E-state index is -4.47. The number of nitrogens with zero attached hydrogens (tertiary/aromatic N) is 4. The topological polar surface area (TPSA) is 170 Å². The second-order valence-corrected chi connectivity index (χ2v) is 8.46. The number of aliphatic hydroxyl groups is 1. The van der Waals surface area contributed by atoms with E-state index in [2.05, 4.69) is 31.7 Å². The van der Waals surface area contributed by atoms with Crippen molar-refractivity contribution in [2.24, 2.45) is 0 Å². The van der Waals surface area contributed by atoms with Crippen molar-refractivity contribution in [3.8, 4) is 0 Å². The molecule has 2 aliphatic heterocycles. The molecule has 30 heavy (non-hydrogen) atoms. The fourth-order valence-corrected chi connectivity index (χ4v) is 4.53. The maximum Gasteiger partial charge on any atom is 1.00 e. The predicted octanol–water partition coefficient (Wildman–Crippen LogP) is -2.45. The Labute approximate surface area is 195 Å². The normalized spacial score (nSPS) is 30.8. The van der Waals surface area contributed by atoms with Crippen molar-refractivity contribution < 1.29 is 57.9 Å². The Hall–Kier alpha value is -0.820. The van der Waals surface area contributed by atoms with Crippen LogP contribution in [-0.2, 0) is 18.3 Å². The molecule has 4 rings (SSSR count). The number of aliphatic hydroxyl groups excluding tert-OH is 1. The van der Waals surface area contributed by atoms with Crippen molar-refractivity contribution in [3.05, 3.63) is 6.33 Å². The number of nitrogen functional groups attached to an aromatic ring is 1. The summed E-state index contributed by atoms with van der Waals surface area (Å²) in [5, 5.41) is 14.0. The fraction of sp³-hybridized carbons (Fsp3) is 0.688. The van der Waals surface area contributed by atoms with Gasteiger partial charge in [0.2, 0.25) is 5.95 Å². The van der Waals surface area contributed by atoms with E-state index in [1.165, 1.54) is 6.33 Å². The van der Waals surface area contributed by atoms with Crippen LogP contribution in [0.1, 0.15) is 38.8 Å². The second kappa shape index (κ2) is 9.76. The molecule has 0 bridgehead atoms. The molecule has 160 valence electrons. The van der Waals surface area contributed by atoms with Gasteiger partial charge in [-0.05, 0) is 6.42 Å². The summed E-state index contributed by atoms with van der Waals surface area (Å²) in [4.78, 5) is 24.3. The summed E-state index contributed by atoms with van der Waals surface area (Å²) in [5.74, 6) is 0.592. The molecule has 2 aromatic heterocycles. The van der Waals surface area contributed by atoms with E-state index in [-0.39, 0.29) is 42.0 Å². The largest absolute Gasteiger partial charge is 1.00 e. The summed E-state index contributed by atoms with van der Waals surface area (Å²) in [6.45, 7) is 2.56. The number of unbranched alkanes of at least 4 members (excludes halogenated alkanes) is 3. The number of nitrogens with one attached hydrogen (secondary N) is 1. The first-order valence-electron chi connectivity index (χ1n) is 9.61. The van der Waals surface area contributed by atoms with E-state index in [1.54, 1.807) is 4.57 Å². The number of rotatable bonds is 7. The Balaban J connectivity index is 0.00000256. The summed E-state index contributed by atoms with van der Waals surface area (Å²) >= 11 is 0. The van der Waals surface area contributed by atoms with Crippen molar-refractivity contribution in [2.45, 2.75) is 57.1 Å². The molecule has 0 spiro atoms. The zero-order valence-electron chi connectivity index (χ0n) is 16.9. The molecular formula is C16H24N6NaO6P. The zero-order valence-corrected chi connectivity index (χ0v) is 19.8. The van der Waals surface area contributed by atoms with E-state index in [9.17, 15) is 14.6 Å². The first-order valence-corrected chi connectivity index (χ1v) is 11.1. The molecule has 0 amide bonds. The van der Waals surface area contributed by atoms with Crippen LogP contribution in [0.3, 0.4) is 0 Å². The third-order valence-electron chi connectivity index (χ3n) is 5.03. The molecule has 0 saturated carbocycles. The quantitative estimate of drug-likeness (QED) is 0.232. The SMILES string of the molecule is CCCCCCNc1nc2c(N)ncnc2n1[C@@H]1O[C@@H]2COP(=O)([O-])O[C@H]2[C@H]1O.[Na+]. The molecule has 2 aromatic rings. The summed E-state index contributed by atoms with van der Waals surface area (Å²) in [6.07, 6.45) is 1.48. The first-order chi connectivity index (χ1) is 13.9. The van der Waals surface area contributed by atoms with E-state index in [0.29, 0.717) is 23.7 Å². The Morgan fingerprint density at radius 3 is 2.97 bits per heavy atom. The Morgan fingerprint density at radius 1 is 1.40 bits per heavy atom. The van der Waals surface area contributed by atoms with Crippen molar-refractivity contribution in [2.75, 3.05) is 24.2 Å². The molecule has 5 atom stereocenters. The summed E-state index contributed by atoms with van der Waals surface area (Å²) in [5.41, 5.74) is 6.66. The Bertz CT molecular complexity index is 931. The molecule has 2 saturated heterocycles. The smallest absolute Gasteiger partial charge is 0.756 e. The van der Waals surface area contributed by atoms with E-state index in [4.69, 9.17) is 15.0 Å². The molecular weight excluding hydrogens is 426 g/mol. The third kappa shape index (κ3) is 4.67. The van der Waals surface area contributed by atoms with Crippen molar-refractivity contribution in [1.82, 2.24) is 19.5 Å². The van der Waals surface area contributed by atoms with E-state index >= 15 is 0 Å². The Kier molecular flexibility index (Phi) is 7.76. The van der Waals surface area contributed by atoms with Crippen LogP contribution >= 0.6 is 7.82 Å². The molecule has 0 aliphatic carbocycles. The molecule has 2 aliphatic rings. The summed E-state index contributed by atoms with van der Waals surface area (Å²) < 4.78 is 28.7. The van der Waals surface area contributed by atoms with Gasteiger partial charge in [-0.3, -0.25) is 9.13 Å². The van der Waals surface area contributed by atoms with E-state index in [0.717, 1.165) is 25.7 Å². The molecule has 4 N–H and O–H groups in total. The van der Waals surface area contributed by atoms with Gasteiger partial charge in [-0.2, -0.15) is 0 Å². The number of hydrogen-bond donors (Lipinski definition) is 3. The minimum Gasteiger partial charge on any atom is -0.756 e. The van der Waals surface area contributed by atoms with Crippen LogP contribution in [-0.4, -0.2) is 56.1 Å². The monoisotopic (exact) mass is 450 g/mol. The molecule has 4 heterocycles. The van der Waals surface area contributed by atoms with Gasteiger partial charge >= 0.3 is 29.6 Å². The van der Waals surface area contributed by atoms with E-state index in [1.807, 2.05) is 0 Å². The number of nitrogens with two attached hydrogens (primary N) is 1. The van der Waals surface area contributed by atoms with Gasteiger partial charge in [-0.25, -0.2) is 15.0 Å². The van der Waals surface area contributed by atoms with Gasteiger partial charge in [0.1, 0.15) is 24.6 Å². The molecule has 14 heteroatoms. The average molecular weight is 450 g/mol. The van der Waals surface area contributed by atoms with Crippen molar-refractivity contribution in [1.29, 1.82) is 0 Å². The van der Waals surface area contributed by atoms with Crippen LogP contribution in [0.25, 0.3) is 11.2 Å². The zero-order chi connectivity index (χ0) is 20.6. The van der Waals surface area contributed by atoms with Gasteiger partial charge in [0.15, 0.2) is 23.2 Å². The summed E-state index contributed by atoms with van der Waals surface area (Å²) in [6, 6.07) is 0. The summed E-state index contributed by atoms with van der Waals surface area (Å²) in [7, 11) is -4.47. The maximum atomic E-state index is 11.6. The third-order valence-corrected chi connectivity index (χ3v) is 6.00. The van der Waals surface area contributed by atoms with Gasteiger partial charge in [-0.1, -0.05) is 26.2 Å². The maximum absolute atomic E-state index is 11.6. The minimum absolute atomic E-state index is 0. The number of imidazole rings is 1. The molecule has 12 nitrogen and oxygen atoms in total. The van der Waals surface area contributed by atoms with Crippen molar-refractivity contribution in [3.63, 3.8) is 0 Å². The van der Waals surface area contributed by atoms with Crippen LogP contribution < -0.4 is 45.5 Å². The van der Waals surface area contributed by atoms with E-state index < -0.39 is 32.4 Å². The molecule has 0 aromatic carbocycles. The fourth-order valence-electron chi connectivity index (χ4n) is 3.59. The first kappa shape index (κ1) is 23.8. The average Bonchev–Trinajstić information content (AvgIpc) is 3.19. The Morgan fingerprint density at radius 2 is 2.20 bits per heavy atom. The number of anilines is 2. The molecule has 0 radical (unpaired) electrons. The van der Waals surface area contributed by atoms with Gasteiger partial charge in [0.05, 0.1) is 6.61 Å². The number of ether oxygens (including phenoxy) is 1. The van der Waals surface area contributed by atoms with Crippen LogP contribution in [0.4, 0.5) is 11.8 Å². The number of phosphoric acid groups is 1. The number of fused-ring (bicyclic) bond motifs is 2. The molecule has 1 unspecified atom stereocenters. The van der Waals surface area contributed by atoms with Gasteiger partial charge in [0, 0.05) is 6.54 Å². The van der Waals surface area contributed by atoms with Gasteiger partial charge in [-0.15, -0.1) is 0 Å². The van der Waals surface area contributed by atoms with Gasteiger partial charge in [0.25, 0.3) is 7.82 Å². The van der Waals surface area contributed by atoms with Crippen LogP contribution in [0, 0.1) is 0 Å². The van der Waals surface area contributed by atoms with Crippen LogP contribution in [0.2, 0.25) is 0 Å². The van der Waals surface area contributed by atoms with Crippen LogP contribution in [0.5, 0.6) is 0 Å². The number of aromatic nitrogens is 4. The van der Waals surface area contributed by atoms with Gasteiger partial charge < -0.3 is 34.8 Å². The number of phosphoric ester groups is 1. The second-order valence-electron chi connectivity index (χ2n) is 7.09. The molecule has 2 fully saturated rings. The predicted molar refractivity (Wildman–Crippen MR) is 101 cm³/mol. The van der Waals surface area contributed by atoms with Crippen LogP contribution in [0.15, 0.2) is 6.33 Å². The van der Waals surface area contributed by atoms with Crippen molar-refractivity contribution >= 4 is 30.8 Å².